The number of allylic oxidation sites excluding steroid dienone is 4. The first-order chi connectivity index (χ1) is 44.9. The highest BCUT2D eigenvalue weighted by molar-refractivity contribution is 7.35. The number of benzene rings is 6. The minimum Gasteiger partial charge on any atom is -0.459 e. The maximum absolute atomic E-state index is 16.1. The molecule has 10 aromatic rings. The van der Waals surface area contributed by atoms with Crippen LogP contribution >= 0.6 is 45.3 Å². The molecule has 0 unspecified atom stereocenters. The molecule has 6 aromatic carbocycles. The van der Waals surface area contributed by atoms with E-state index >= 15 is 19.2 Å². The van der Waals surface area contributed by atoms with Gasteiger partial charge in [-0.15, -0.1) is 45.3 Å². The molecule has 0 atom stereocenters. The molecule has 0 bridgehead atoms. The van der Waals surface area contributed by atoms with Gasteiger partial charge in [0.05, 0.1) is 28.9 Å². The lowest BCUT2D eigenvalue weighted by atomic mass is 9.77. The van der Waals surface area contributed by atoms with Crippen molar-refractivity contribution in [3.05, 3.63) is 260 Å². The largest absolute Gasteiger partial charge is 0.459 e. The first kappa shape index (κ1) is 58.1. The van der Waals surface area contributed by atoms with Crippen LogP contribution < -0.4 is 0 Å². The molecule has 0 saturated carbocycles. The minimum atomic E-state index is -2.51. The van der Waals surface area contributed by atoms with E-state index in [2.05, 4.69) is 0 Å². The fourth-order valence-corrected chi connectivity index (χ4v) is 17.6. The van der Waals surface area contributed by atoms with E-state index < -0.39 is 46.3 Å². The van der Waals surface area contributed by atoms with Gasteiger partial charge in [0.15, 0.2) is 0 Å². The number of ether oxygens (including phenoxy) is 4. The van der Waals surface area contributed by atoms with Crippen molar-refractivity contribution in [1.82, 2.24) is 0 Å². The third-order valence-corrected chi connectivity index (χ3v) is 21.1. The van der Waals surface area contributed by atoms with Crippen molar-refractivity contribution in [1.29, 1.82) is 21.0 Å². The fourth-order valence-electron chi connectivity index (χ4n) is 12.1. The Morgan fingerprint density at radius 2 is 0.663 bits per heavy atom. The number of aliphatic imine (C=N–C) groups is 2. The molecule has 0 spiro atoms. The average Bonchev–Trinajstić information content (AvgIpc) is 1.49. The Morgan fingerprint density at radius 3 is 0.957 bits per heavy atom. The molecule has 4 aliphatic rings. The van der Waals surface area contributed by atoms with Gasteiger partial charge in [0.1, 0.15) is 83.3 Å². The van der Waals surface area contributed by atoms with Crippen LogP contribution in [0.25, 0.3) is 40.1 Å². The van der Waals surface area contributed by atoms with Crippen LogP contribution in [0.2, 0.25) is 0 Å². The number of rotatable bonds is 14. The maximum Gasteiger partial charge on any atom is 0.333 e. The van der Waals surface area contributed by atoms with Gasteiger partial charge in [-0.05, 0) is 45.5 Å². The van der Waals surface area contributed by atoms with Crippen molar-refractivity contribution in [2.75, 3.05) is 0 Å². The number of hydrogen-bond acceptors (Lipinski definition) is 20. The van der Waals surface area contributed by atoms with E-state index in [0.29, 0.717) is 52.9 Å². The molecule has 20 heteroatoms. The quantitative estimate of drug-likeness (QED) is 0.0424. The molecule has 0 aliphatic heterocycles. The normalized spacial score (nSPS) is 14.8. The zero-order valence-corrected chi connectivity index (χ0v) is 50.8. The molecular formula is C72H38N6O10S4. The summed E-state index contributed by atoms with van der Waals surface area (Å²) in [6.07, 6.45) is 0. The summed E-state index contributed by atoms with van der Waals surface area (Å²) in [4.78, 5) is 104. The van der Waals surface area contributed by atoms with Crippen molar-refractivity contribution >= 4 is 123 Å². The summed E-state index contributed by atoms with van der Waals surface area (Å²) >= 11 is 4.19. The first-order valence-electron chi connectivity index (χ1n) is 28.2. The number of nitrogens with zero attached hydrogens (tertiary/aromatic N) is 6. The zero-order chi connectivity index (χ0) is 63.4. The van der Waals surface area contributed by atoms with Gasteiger partial charge < -0.3 is 18.9 Å². The number of nitriles is 4. The van der Waals surface area contributed by atoms with Gasteiger partial charge in [-0.2, -0.15) is 21.0 Å². The summed E-state index contributed by atoms with van der Waals surface area (Å²) in [5, 5.41) is 41.1. The third kappa shape index (κ3) is 9.16. The van der Waals surface area contributed by atoms with E-state index in [9.17, 15) is 30.6 Å². The van der Waals surface area contributed by atoms with Crippen LogP contribution in [0.5, 0.6) is 0 Å². The summed E-state index contributed by atoms with van der Waals surface area (Å²) in [6.45, 7) is -1.22. The summed E-state index contributed by atoms with van der Waals surface area (Å²) < 4.78 is 25.8. The van der Waals surface area contributed by atoms with Crippen LogP contribution in [0.1, 0.15) is 76.4 Å². The van der Waals surface area contributed by atoms with Gasteiger partial charge in [0.25, 0.3) is 0 Å². The monoisotopic (exact) mass is 1270 g/mol. The predicted molar refractivity (Wildman–Crippen MR) is 345 cm³/mol. The number of fused-ring (bicyclic) bond motifs is 11. The van der Waals surface area contributed by atoms with Crippen molar-refractivity contribution in [2.24, 2.45) is 9.98 Å². The molecule has 14 rings (SSSR count). The van der Waals surface area contributed by atoms with E-state index in [4.69, 9.17) is 28.9 Å². The molecule has 92 heavy (non-hydrogen) atoms. The van der Waals surface area contributed by atoms with E-state index in [1.165, 1.54) is 12.1 Å². The average molecular weight is 1280 g/mol. The van der Waals surface area contributed by atoms with E-state index in [-0.39, 0.29) is 113 Å². The number of thiophene rings is 4. The first-order valence-corrected chi connectivity index (χ1v) is 31.5. The van der Waals surface area contributed by atoms with E-state index in [1.54, 1.807) is 170 Å². The molecule has 16 nitrogen and oxygen atoms in total. The van der Waals surface area contributed by atoms with Gasteiger partial charge in [-0.3, -0.25) is 28.8 Å². The van der Waals surface area contributed by atoms with Gasteiger partial charge in [-0.25, -0.2) is 9.98 Å². The van der Waals surface area contributed by atoms with Crippen molar-refractivity contribution in [3.63, 3.8) is 0 Å². The summed E-state index contributed by atoms with van der Waals surface area (Å²) in [5.74, 6) is -5.38. The lowest BCUT2D eigenvalue weighted by Gasteiger charge is -2.27. The Labute approximate surface area is 539 Å². The lowest BCUT2D eigenvalue weighted by molar-refractivity contribution is -0.166. The van der Waals surface area contributed by atoms with Crippen LogP contribution in [0.3, 0.4) is 0 Å². The number of Topliss-reactive ketones (excluding diaryl/α,β-unsaturated/α-hetero) is 2. The summed E-state index contributed by atoms with van der Waals surface area (Å²) in [6, 6.07) is 58.9. The molecule has 440 valence electrons. The Morgan fingerprint density at radius 1 is 0.380 bits per heavy atom. The van der Waals surface area contributed by atoms with Crippen LogP contribution in [0.4, 0.5) is 10.0 Å². The Hall–Kier alpha value is -11.6. The number of carbonyl (C=O) groups is 6. The van der Waals surface area contributed by atoms with Crippen LogP contribution in [-0.2, 0) is 75.4 Å². The summed E-state index contributed by atoms with van der Waals surface area (Å²) in [7, 11) is 0. The van der Waals surface area contributed by atoms with Crippen LogP contribution in [-0.4, -0.2) is 46.9 Å². The smallest absolute Gasteiger partial charge is 0.333 e. The zero-order valence-electron chi connectivity index (χ0n) is 47.5. The lowest BCUT2D eigenvalue weighted by Crippen LogP contribution is -2.46. The van der Waals surface area contributed by atoms with Gasteiger partial charge in [-0.1, -0.05) is 170 Å². The Balaban J connectivity index is 1.04. The fraction of sp³-hybridized carbons (Fsp3) is 0.0833. The second-order valence-corrected chi connectivity index (χ2v) is 25.4. The van der Waals surface area contributed by atoms with E-state index in [0.717, 1.165) is 45.3 Å². The van der Waals surface area contributed by atoms with Crippen molar-refractivity contribution in [2.45, 2.75) is 37.3 Å². The predicted octanol–water partition coefficient (Wildman–Crippen LogP) is 14.1. The van der Waals surface area contributed by atoms with Crippen LogP contribution in [0, 0.1) is 45.3 Å². The molecule has 0 radical (unpaired) electrons. The molecule has 0 fully saturated rings. The maximum atomic E-state index is 16.1. The minimum absolute atomic E-state index is 0.00967. The summed E-state index contributed by atoms with van der Waals surface area (Å²) in [5.41, 5.74) is -2.39. The molecule has 0 N–H and O–H groups in total. The molecule has 4 aliphatic carbocycles. The Bertz CT molecular complexity index is 4710. The van der Waals surface area contributed by atoms with Gasteiger partial charge >= 0.3 is 23.9 Å². The second kappa shape index (κ2) is 23.4. The number of hydrogen-bond donors (Lipinski definition) is 0. The molecule has 4 aromatic heterocycles. The highest BCUT2D eigenvalue weighted by Crippen LogP contribution is 2.68. The molecular weight excluding hydrogens is 1240 g/mol. The van der Waals surface area contributed by atoms with Gasteiger partial charge in [0, 0.05) is 44.5 Å². The van der Waals surface area contributed by atoms with Crippen molar-refractivity contribution < 1.29 is 47.7 Å². The molecule has 0 amide bonds. The third-order valence-electron chi connectivity index (χ3n) is 16.2. The van der Waals surface area contributed by atoms with E-state index in [1.807, 2.05) is 24.3 Å². The second-order valence-electron chi connectivity index (χ2n) is 21.3. The highest BCUT2D eigenvalue weighted by Gasteiger charge is 2.65. The Kier molecular flexibility index (Phi) is 14.8. The SMILES string of the molecule is N#CC(C#N)=C1C(=Nc2cc3c(s2)-c2sc4c5c(sc4c2C3(C(=O)OCc2ccccc2)C(=O)OCc2ccccc2)-c2sc(N=C3C(=O)c4ccccc4C3=C(C#N)C#N)cc2C5(C(=O)OCc2ccccc2)C(=O)OCc2ccccc2)C(=O)c2ccccc21. The molecule has 0 saturated heterocycles. The van der Waals surface area contributed by atoms with Gasteiger partial charge in [0.2, 0.25) is 22.4 Å². The standard InChI is InChI=1S/C72H38N6O10S4/c73-31-43(32-74)53-45-25-13-15-27-47(45)59(79)57(53)77-51-29-49-61(89-51)63-55(71(49,67(81)85-35-39-17-5-1-6-18-39)68(82)86-36-40-19-7-2-8-20-40)65-66(91-63)56-64(92-65)62-50(30-52(90-62)78-58-54(44(33-75)34-76)46-26-14-16-28-48(46)60(58)80)72(56,69(83)87-37-41-21-9-3-10-22-41)70(84)88-38-42-23-11-4-12-24-42/h1-30H,35-38H2. The number of esters is 4. The highest BCUT2D eigenvalue weighted by atomic mass is 32.1. The van der Waals surface area contributed by atoms with Crippen LogP contribution in [0.15, 0.2) is 203 Å². The van der Waals surface area contributed by atoms with Crippen molar-refractivity contribution in [3.8, 4) is 43.8 Å². The number of carbonyl (C=O) groups excluding carboxylic acids is 6. The molecule has 4 heterocycles. The number of ketones is 2. The topological polar surface area (TPSA) is 259 Å².